The lowest BCUT2D eigenvalue weighted by molar-refractivity contribution is -0.121. The normalized spacial score (nSPS) is 16.3. The third kappa shape index (κ3) is 2.32. The summed E-state index contributed by atoms with van der Waals surface area (Å²) in [5, 5.41) is 0. The molecule has 0 N–H and O–H groups in total. The van der Waals surface area contributed by atoms with E-state index in [4.69, 9.17) is 0 Å². The maximum atomic E-state index is 11.5. The van der Waals surface area contributed by atoms with Crippen LogP contribution in [0.4, 0.5) is 5.69 Å². The Kier molecular flexibility index (Phi) is 3.29. The highest BCUT2D eigenvalue weighted by atomic mass is 127. The molecule has 2 rings (SSSR count). The Bertz CT molecular complexity index is 409. The maximum absolute atomic E-state index is 11.5. The van der Waals surface area contributed by atoms with E-state index in [0.29, 0.717) is 18.5 Å². The number of benzene rings is 1. The fraction of sp³-hybridized carbons (Fsp3) is 0.200. The van der Waals surface area contributed by atoms with Gasteiger partial charge in [-0.05, 0) is 63.4 Å². The van der Waals surface area contributed by atoms with E-state index in [9.17, 15) is 9.59 Å². The molecule has 1 aliphatic heterocycles. The fourth-order valence-electron chi connectivity index (χ4n) is 1.53. The first-order valence-electron chi connectivity index (χ1n) is 4.40. The average Bonchev–Trinajstić information content (AvgIpc) is 2.44. The van der Waals surface area contributed by atoms with Crippen molar-refractivity contribution in [3.05, 3.63) is 25.3 Å². The number of carbonyl (C=O) groups is 2. The van der Waals surface area contributed by atoms with Crippen molar-refractivity contribution in [3.63, 3.8) is 0 Å². The molecule has 3 nitrogen and oxygen atoms in total. The zero-order valence-electron chi connectivity index (χ0n) is 7.67. The standard InChI is InChI=1S/C10H7I2NO2/c11-6-3-7(12)5-8(4-6)13-9(14)1-2-10(13)15/h3-5H,1-2H2. The SMILES string of the molecule is O=C1CCC(=O)N1c1cc(I)cc(I)c1. The fourth-order valence-corrected chi connectivity index (χ4v) is 3.44. The van der Waals surface area contributed by atoms with Crippen molar-refractivity contribution in [2.75, 3.05) is 4.90 Å². The van der Waals surface area contributed by atoms with Gasteiger partial charge in [0, 0.05) is 20.0 Å². The van der Waals surface area contributed by atoms with Crippen molar-refractivity contribution < 1.29 is 9.59 Å². The molecule has 15 heavy (non-hydrogen) atoms. The first-order valence-corrected chi connectivity index (χ1v) is 6.55. The van der Waals surface area contributed by atoms with Gasteiger partial charge in [-0.15, -0.1) is 0 Å². The van der Waals surface area contributed by atoms with Crippen molar-refractivity contribution in [3.8, 4) is 0 Å². The molecule has 1 heterocycles. The topological polar surface area (TPSA) is 37.4 Å². The highest BCUT2D eigenvalue weighted by Gasteiger charge is 2.30. The molecule has 1 saturated heterocycles. The maximum Gasteiger partial charge on any atom is 0.234 e. The van der Waals surface area contributed by atoms with Gasteiger partial charge in [-0.2, -0.15) is 0 Å². The molecule has 0 aromatic heterocycles. The first-order chi connectivity index (χ1) is 7.08. The van der Waals surface area contributed by atoms with Crippen LogP contribution in [0.1, 0.15) is 12.8 Å². The molecule has 2 amide bonds. The van der Waals surface area contributed by atoms with E-state index < -0.39 is 0 Å². The highest BCUT2D eigenvalue weighted by Crippen LogP contribution is 2.26. The summed E-state index contributed by atoms with van der Waals surface area (Å²) in [5.74, 6) is -0.199. The summed E-state index contributed by atoms with van der Waals surface area (Å²) in [4.78, 5) is 24.3. The molecule has 1 aromatic carbocycles. The van der Waals surface area contributed by atoms with E-state index in [1.54, 1.807) is 0 Å². The van der Waals surface area contributed by atoms with Crippen LogP contribution in [0.5, 0.6) is 0 Å². The van der Waals surface area contributed by atoms with Crippen molar-refractivity contribution in [1.29, 1.82) is 0 Å². The van der Waals surface area contributed by atoms with Gasteiger partial charge in [0.1, 0.15) is 0 Å². The Morgan fingerprint density at radius 2 is 1.40 bits per heavy atom. The van der Waals surface area contributed by atoms with Crippen molar-refractivity contribution in [1.82, 2.24) is 0 Å². The predicted octanol–water partition coefficient (Wildman–Crippen LogP) is 2.55. The van der Waals surface area contributed by atoms with Crippen LogP contribution >= 0.6 is 45.2 Å². The lowest BCUT2D eigenvalue weighted by Crippen LogP contribution is -2.28. The number of imide groups is 1. The van der Waals surface area contributed by atoms with Crippen molar-refractivity contribution in [2.45, 2.75) is 12.8 Å². The van der Waals surface area contributed by atoms with Crippen LogP contribution in [0.15, 0.2) is 18.2 Å². The zero-order valence-corrected chi connectivity index (χ0v) is 12.0. The molecule has 78 valence electrons. The van der Waals surface area contributed by atoms with Crippen LogP contribution in [0, 0.1) is 7.14 Å². The van der Waals surface area contributed by atoms with Crippen LogP contribution in [0.2, 0.25) is 0 Å². The second-order valence-electron chi connectivity index (χ2n) is 3.25. The summed E-state index contributed by atoms with van der Waals surface area (Å²) in [7, 11) is 0. The zero-order chi connectivity index (χ0) is 11.0. The number of hydrogen-bond donors (Lipinski definition) is 0. The Labute approximate surface area is 114 Å². The summed E-state index contributed by atoms with van der Waals surface area (Å²) >= 11 is 4.36. The number of amides is 2. The van der Waals surface area contributed by atoms with Crippen molar-refractivity contribution in [2.24, 2.45) is 0 Å². The molecule has 0 radical (unpaired) electrons. The quantitative estimate of drug-likeness (QED) is 0.511. The largest absolute Gasteiger partial charge is 0.274 e. The summed E-state index contributed by atoms with van der Waals surface area (Å²) in [6, 6.07) is 5.70. The van der Waals surface area contributed by atoms with Gasteiger partial charge < -0.3 is 0 Å². The summed E-state index contributed by atoms with van der Waals surface area (Å²) < 4.78 is 2.06. The molecule has 0 aliphatic carbocycles. The van der Waals surface area contributed by atoms with Gasteiger partial charge in [0.25, 0.3) is 0 Å². The second-order valence-corrected chi connectivity index (χ2v) is 5.74. The molecule has 0 spiro atoms. The van der Waals surface area contributed by atoms with Crippen molar-refractivity contribution >= 4 is 62.7 Å². The Hall–Kier alpha value is -0.180. The molecule has 1 aromatic rings. The predicted molar refractivity (Wildman–Crippen MR) is 73.6 cm³/mol. The number of hydrogen-bond acceptors (Lipinski definition) is 2. The minimum atomic E-state index is -0.0993. The van der Waals surface area contributed by atoms with Crippen LogP contribution < -0.4 is 4.90 Å². The molecule has 0 saturated carbocycles. The molecule has 1 aliphatic rings. The van der Waals surface area contributed by atoms with E-state index >= 15 is 0 Å². The summed E-state index contributed by atoms with van der Waals surface area (Å²) in [6.07, 6.45) is 0.668. The van der Waals surface area contributed by atoms with Gasteiger partial charge in [0.15, 0.2) is 0 Å². The third-order valence-electron chi connectivity index (χ3n) is 2.16. The number of halogens is 2. The summed E-state index contributed by atoms with van der Waals surface area (Å²) in [5.41, 5.74) is 0.693. The molecule has 1 fully saturated rings. The van der Waals surface area contributed by atoms with E-state index in [-0.39, 0.29) is 11.8 Å². The van der Waals surface area contributed by atoms with Gasteiger partial charge in [0.05, 0.1) is 5.69 Å². The smallest absolute Gasteiger partial charge is 0.234 e. The lowest BCUT2D eigenvalue weighted by atomic mass is 10.3. The first kappa shape index (κ1) is 11.3. The molecule has 5 heteroatoms. The lowest BCUT2D eigenvalue weighted by Gasteiger charge is -2.14. The number of nitrogens with zero attached hydrogens (tertiary/aromatic N) is 1. The third-order valence-corrected chi connectivity index (χ3v) is 3.40. The van der Waals surface area contributed by atoms with E-state index in [1.807, 2.05) is 18.2 Å². The number of anilines is 1. The summed E-state index contributed by atoms with van der Waals surface area (Å²) in [6.45, 7) is 0. The van der Waals surface area contributed by atoms with E-state index in [1.165, 1.54) is 4.90 Å². The van der Waals surface area contributed by atoms with Gasteiger partial charge in [-0.1, -0.05) is 0 Å². The molecule has 0 atom stereocenters. The van der Waals surface area contributed by atoms with Crippen LogP contribution in [0.25, 0.3) is 0 Å². The molecule has 0 unspecified atom stereocenters. The average molecular weight is 427 g/mol. The van der Waals surface area contributed by atoms with Gasteiger partial charge in [0.2, 0.25) is 11.8 Å². The Balaban J connectivity index is 2.44. The van der Waals surface area contributed by atoms with Crippen LogP contribution in [-0.4, -0.2) is 11.8 Å². The molecular weight excluding hydrogens is 420 g/mol. The van der Waals surface area contributed by atoms with Gasteiger partial charge in [-0.25, -0.2) is 0 Å². The highest BCUT2D eigenvalue weighted by molar-refractivity contribution is 14.1. The van der Waals surface area contributed by atoms with E-state index in [2.05, 4.69) is 45.2 Å². The Morgan fingerprint density at radius 3 is 1.87 bits per heavy atom. The van der Waals surface area contributed by atoms with Gasteiger partial charge >= 0.3 is 0 Å². The van der Waals surface area contributed by atoms with Gasteiger partial charge in [-0.3, -0.25) is 14.5 Å². The second kappa shape index (κ2) is 4.36. The number of carbonyl (C=O) groups excluding carboxylic acids is 2. The minimum Gasteiger partial charge on any atom is -0.274 e. The molecular formula is C10H7I2NO2. The minimum absolute atomic E-state index is 0.0993. The Morgan fingerprint density at radius 1 is 0.933 bits per heavy atom. The van der Waals surface area contributed by atoms with Crippen LogP contribution in [0.3, 0.4) is 0 Å². The van der Waals surface area contributed by atoms with Crippen LogP contribution in [-0.2, 0) is 9.59 Å². The number of rotatable bonds is 1. The monoisotopic (exact) mass is 427 g/mol. The van der Waals surface area contributed by atoms with E-state index in [0.717, 1.165) is 7.14 Å². The molecule has 0 bridgehead atoms.